The van der Waals surface area contributed by atoms with Crippen molar-refractivity contribution in [1.82, 2.24) is 0 Å². The van der Waals surface area contributed by atoms with E-state index in [1.807, 2.05) is 0 Å². The summed E-state index contributed by atoms with van der Waals surface area (Å²) in [5.41, 5.74) is -1.67. The van der Waals surface area contributed by atoms with Crippen LogP contribution in [0.5, 0.6) is 28.7 Å². The number of aromatic hydroxyl groups is 3. The Morgan fingerprint density at radius 1 is 1.00 bits per heavy atom. The number of benzene rings is 2. The van der Waals surface area contributed by atoms with Gasteiger partial charge in [-0.2, -0.15) is 8.42 Å². The summed E-state index contributed by atoms with van der Waals surface area (Å²) < 4.78 is 51.7. The van der Waals surface area contributed by atoms with Gasteiger partial charge in [-0.05, 0) is 18.2 Å². The Balaban J connectivity index is 1.90. The van der Waals surface area contributed by atoms with Crippen LogP contribution in [0, 0.1) is 0 Å². The van der Waals surface area contributed by atoms with Crippen molar-refractivity contribution in [2.75, 3.05) is 6.61 Å². The largest absolute Gasteiger partial charge is 0.507 e. The Kier molecular flexibility index (Phi) is 6.91. The van der Waals surface area contributed by atoms with Crippen LogP contribution in [0.2, 0.25) is 0 Å². The van der Waals surface area contributed by atoms with Crippen LogP contribution >= 0.6 is 0 Å². The zero-order valence-electron chi connectivity index (χ0n) is 18.3. The van der Waals surface area contributed by atoms with Crippen LogP contribution in [0.4, 0.5) is 0 Å². The van der Waals surface area contributed by atoms with Crippen molar-refractivity contribution in [2.45, 2.75) is 30.7 Å². The van der Waals surface area contributed by atoms with E-state index in [2.05, 4.69) is 4.18 Å². The van der Waals surface area contributed by atoms with Gasteiger partial charge in [0, 0.05) is 17.7 Å². The van der Waals surface area contributed by atoms with Gasteiger partial charge < -0.3 is 53.8 Å². The lowest BCUT2D eigenvalue weighted by molar-refractivity contribution is -0.137. The second-order valence-electron chi connectivity index (χ2n) is 7.94. The van der Waals surface area contributed by atoms with E-state index in [0.29, 0.717) is 6.07 Å². The van der Waals surface area contributed by atoms with Crippen LogP contribution in [0.3, 0.4) is 0 Å². The van der Waals surface area contributed by atoms with Crippen LogP contribution in [-0.2, 0) is 15.1 Å². The molecule has 37 heavy (non-hydrogen) atoms. The predicted molar refractivity (Wildman–Crippen MR) is 119 cm³/mol. The average Bonchev–Trinajstić information content (AvgIpc) is 3.09. The quantitative estimate of drug-likeness (QED) is 0.130. The highest BCUT2D eigenvalue weighted by Gasteiger charge is 2.48. The molecule has 4 rings (SSSR count). The van der Waals surface area contributed by atoms with Crippen molar-refractivity contribution in [1.29, 1.82) is 0 Å². The molecule has 16 heteroatoms. The van der Waals surface area contributed by atoms with E-state index in [1.54, 1.807) is 0 Å². The summed E-state index contributed by atoms with van der Waals surface area (Å²) >= 11 is 0. The molecule has 2 aromatic carbocycles. The topological polar surface area (TPSA) is 254 Å². The monoisotopic (exact) mass is 544 g/mol. The first kappa shape index (κ1) is 26.4. The molecular weight excluding hydrogens is 524 g/mol. The summed E-state index contributed by atoms with van der Waals surface area (Å²) in [5.74, 6) is -3.89. The van der Waals surface area contributed by atoms with Crippen molar-refractivity contribution in [2.24, 2.45) is 0 Å². The predicted octanol–water partition coefficient (Wildman–Crippen LogP) is -1.06. The molecule has 0 radical (unpaired) electrons. The number of phenolic OH excluding ortho intramolecular Hbond substituents is 3. The standard InChI is InChI=1S/C21H20O15S/c22-6-12(26)19-16(28)17(29)21(34-19)35-20-15(27)14-11(25)4-8(36-37(30,31)32)5-13(14)33-18(20)7-1-2-9(23)10(24)3-7/h1-5,12,16-17,19,21-26,28-29H,6H2,(H,30,31,32)/t12?,16-,17-,19-,21+/m1/s1. The maximum absolute atomic E-state index is 13.4. The van der Waals surface area contributed by atoms with Crippen LogP contribution < -0.4 is 14.3 Å². The summed E-state index contributed by atoms with van der Waals surface area (Å²) in [4.78, 5) is 13.4. The number of fused-ring (bicyclic) bond motifs is 1. The maximum Gasteiger partial charge on any atom is 0.446 e. The van der Waals surface area contributed by atoms with E-state index >= 15 is 0 Å². The Morgan fingerprint density at radius 2 is 1.70 bits per heavy atom. The van der Waals surface area contributed by atoms with Gasteiger partial charge in [-0.15, -0.1) is 0 Å². The molecule has 200 valence electrons. The molecule has 1 fully saturated rings. The van der Waals surface area contributed by atoms with Gasteiger partial charge in [0.15, 0.2) is 23.0 Å². The van der Waals surface area contributed by atoms with Crippen molar-refractivity contribution >= 4 is 21.4 Å². The first-order valence-electron chi connectivity index (χ1n) is 10.3. The minimum Gasteiger partial charge on any atom is -0.507 e. The molecule has 1 saturated heterocycles. The van der Waals surface area contributed by atoms with Crippen molar-refractivity contribution in [3.8, 4) is 40.1 Å². The number of phenols is 3. The highest BCUT2D eigenvalue weighted by atomic mass is 32.3. The Hall–Kier alpha value is -3.64. The fraction of sp³-hybridized carbons (Fsp3) is 0.286. The van der Waals surface area contributed by atoms with Gasteiger partial charge in [-0.25, -0.2) is 0 Å². The number of rotatable bonds is 7. The molecule has 1 aliphatic heterocycles. The summed E-state index contributed by atoms with van der Waals surface area (Å²) in [7, 11) is -5.02. The first-order valence-corrected chi connectivity index (χ1v) is 11.7. The number of hydrogen-bond acceptors (Lipinski definition) is 14. The van der Waals surface area contributed by atoms with Crippen molar-refractivity contribution < 1.29 is 66.8 Å². The smallest absolute Gasteiger partial charge is 0.446 e. The second-order valence-corrected chi connectivity index (χ2v) is 8.96. The van der Waals surface area contributed by atoms with E-state index in [4.69, 9.17) is 23.6 Å². The summed E-state index contributed by atoms with van der Waals surface area (Å²) in [5, 5.41) is 68.8. The molecule has 1 aliphatic rings. The molecule has 5 atom stereocenters. The summed E-state index contributed by atoms with van der Waals surface area (Å²) in [6.07, 6.45) is -8.50. The molecule has 0 bridgehead atoms. The minimum atomic E-state index is -5.02. The first-order chi connectivity index (χ1) is 17.3. The molecule has 0 spiro atoms. The van der Waals surface area contributed by atoms with Crippen molar-refractivity contribution in [3.63, 3.8) is 0 Å². The number of aliphatic hydroxyl groups is 4. The van der Waals surface area contributed by atoms with Crippen LogP contribution in [-0.4, -0.2) is 86.0 Å². The number of hydrogen-bond donors (Lipinski definition) is 8. The molecule has 0 aliphatic carbocycles. The third-order valence-corrected chi connectivity index (χ3v) is 5.81. The normalized spacial score (nSPS) is 22.7. The molecular formula is C21H20O15S. The SMILES string of the molecule is O=c1c(O[C@@H]2O[C@H](C(O)CO)[C@H](O)[C@H]2O)c(-c2ccc(O)c(O)c2)oc2cc(OS(=O)(=O)O)cc(O)c12. The molecule has 0 amide bonds. The fourth-order valence-corrected chi connectivity index (χ4v) is 4.04. The van der Waals surface area contributed by atoms with Crippen LogP contribution in [0.25, 0.3) is 22.3 Å². The lowest BCUT2D eigenvalue weighted by Crippen LogP contribution is -2.40. The van der Waals surface area contributed by atoms with E-state index in [0.717, 1.165) is 18.2 Å². The average molecular weight is 544 g/mol. The van der Waals surface area contributed by atoms with E-state index in [1.165, 1.54) is 6.07 Å². The van der Waals surface area contributed by atoms with Crippen LogP contribution in [0.1, 0.15) is 0 Å². The van der Waals surface area contributed by atoms with E-state index in [-0.39, 0.29) is 5.56 Å². The lowest BCUT2D eigenvalue weighted by Gasteiger charge is -2.19. The van der Waals surface area contributed by atoms with Crippen molar-refractivity contribution in [3.05, 3.63) is 40.6 Å². The zero-order chi connectivity index (χ0) is 27.2. The minimum absolute atomic E-state index is 0.0927. The van der Waals surface area contributed by atoms with E-state index in [9.17, 15) is 43.9 Å². The number of ether oxygens (including phenoxy) is 2. The number of aliphatic hydroxyl groups excluding tert-OH is 4. The van der Waals surface area contributed by atoms with Gasteiger partial charge in [0.1, 0.15) is 41.1 Å². The van der Waals surface area contributed by atoms with Gasteiger partial charge in [0.25, 0.3) is 0 Å². The Morgan fingerprint density at radius 3 is 2.32 bits per heavy atom. The molecule has 0 saturated carbocycles. The summed E-state index contributed by atoms with van der Waals surface area (Å²) in [6.45, 7) is -0.834. The van der Waals surface area contributed by atoms with E-state index < -0.39 is 98.6 Å². The molecule has 3 aromatic rings. The lowest BCUT2D eigenvalue weighted by atomic mass is 10.1. The molecule has 8 N–H and O–H groups in total. The third-order valence-electron chi connectivity index (χ3n) is 5.40. The van der Waals surface area contributed by atoms with Gasteiger partial charge in [-0.3, -0.25) is 9.35 Å². The van der Waals surface area contributed by atoms with Crippen LogP contribution in [0.15, 0.2) is 39.5 Å². The van der Waals surface area contributed by atoms with Gasteiger partial charge in [0.05, 0.1) is 6.61 Å². The fourth-order valence-electron chi connectivity index (χ4n) is 3.70. The molecule has 2 heterocycles. The zero-order valence-corrected chi connectivity index (χ0v) is 19.1. The molecule has 1 unspecified atom stereocenters. The third kappa shape index (κ3) is 5.12. The Bertz CT molecular complexity index is 1500. The van der Waals surface area contributed by atoms with Gasteiger partial charge >= 0.3 is 10.4 Å². The van der Waals surface area contributed by atoms with Gasteiger partial charge in [0.2, 0.25) is 17.5 Å². The highest BCUT2D eigenvalue weighted by molar-refractivity contribution is 7.81. The van der Waals surface area contributed by atoms with Gasteiger partial charge in [-0.1, -0.05) is 0 Å². The Labute approximate surface area is 206 Å². The summed E-state index contributed by atoms with van der Waals surface area (Å²) in [6, 6.07) is 4.71. The molecule has 1 aromatic heterocycles. The molecule has 15 nitrogen and oxygen atoms in total. The second kappa shape index (κ2) is 9.67. The maximum atomic E-state index is 13.4. The highest BCUT2D eigenvalue weighted by Crippen LogP contribution is 2.39.